The van der Waals surface area contributed by atoms with Gasteiger partial charge in [-0.25, -0.2) is 0 Å². The quantitative estimate of drug-likeness (QED) is 0.904. The van der Waals surface area contributed by atoms with E-state index in [0.717, 1.165) is 34.5 Å². The first-order valence-electron chi connectivity index (χ1n) is 7.08. The number of benzene rings is 2. The molecule has 1 amide bonds. The normalized spacial score (nSPS) is 10.2. The van der Waals surface area contributed by atoms with Crippen LogP contribution in [0.4, 0.5) is 5.69 Å². The Morgan fingerprint density at radius 2 is 1.95 bits per heavy atom. The lowest BCUT2D eigenvalue weighted by Crippen LogP contribution is -2.12. The number of carbonyl (C=O) groups excluding carboxylic acids is 1. The second-order valence-corrected chi connectivity index (χ2v) is 5.22. The summed E-state index contributed by atoms with van der Waals surface area (Å²) in [6.07, 6.45) is 1.20. The summed E-state index contributed by atoms with van der Waals surface area (Å²) in [4.78, 5) is 12.0. The zero-order valence-corrected chi connectivity index (χ0v) is 12.8. The van der Waals surface area contributed by atoms with Gasteiger partial charge < -0.3 is 10.1 Å². The summed E-state index contributed by atoms with van der Waals surface area (Å²) in [6.45, 7) is 4.02. The van der Waals surface area contributed by atoms with E-state index in [0.29, 0.717) is 6.42 Å². The lowest BCUT2D eigenvalue weighted by atomic mass is 10.1. The van der Waals surface area contributed by atoms with Crippen LogP contribution < -0.4 is 10.1 Å². The van der Waals surface area contributed by atoms with Crippen molar-refractivity contribution < 1.29 is 9.53 Å². The maximum absolute atomic E-state index is 12.0. The lowest BCUT2D eigenvalue weighted by molar-refractivity contribution is -0.116. The zero-order chi connectivity index (χ0) is 15.2. The minimum Gasteiger partial charge on any atom is -0.496 e. The van der Waals surface area contributed by atoms with Gasteiger partial charge in [-0.05, 0) is 55.2 Å². The highest BCUT2D eigenvalue weighted by Gasteiger charge is 2.05. The number of aryl methyl sites for hydroxylation is 3. The van der Waals surface area contributed by atoms with Crippen LogP contribution in [0.25, 0.3) is 0 Å². The van der Waals surface area contributed by atoms with Crippen molar-refractivity contribution in [3.8, 4) is 5.75 Å². The molecule has 0 aliphatic heterocycles. The molecule has 0 fully saturated rings. The highest BCUT2D eigenvalue weighted by atomic mass is 16.5. The Balaban J connectivity index is 1.90. The third-order valence-corrected chi connectivity index (χ3v) is 3.40. The summed E-state index contributed by atoms with van der Waals surface area (Å²) in [7, 11) is 1.66. The van der Waals surface area contributed by atoms with Crippen molar-refractivity contribution in [2.45, 2.75) is 26.7 Å². The molecule has 0 aromatic heterocycles. The number of methoxy groups -OCH3 is 1. The van der Waals surface area contributed by atoms with Crippen LogP contribution in [0, 0.1) is 13.8 Å². The Morgan fingerprint density at radius 1 is 1.14 bits per heavy atom. The van der Waals surface area contributed by atoms with Crippen molar-refractivity contribution in [2.24, 2.45) is 0 Å². The Bertz CT molecular complexity index is 635. The molecular formula is C18H21NO2. The molecule has 0 unspecified atom stereocenters. The third kappa shape index (κ3) is 4.35. The molecule has 0 saturated heterocycles. The summed E-state index contributed by atoms with van der Waals surface area (Å²) < 4.78 is 5.24. The Hall–Kier alpha value is -2.29. The molecule has 110 valence electrons. The molecule has 3 heteroatoms. The van der Waals surface area contributed by atoms with E-state index < -0.39 is 0 Å². The topological polar surface area (TPSA) is 38.3 Å². The van der Waals surface area contributed by atoms with Gasteiger partial charge in [-0.1, -0.05) is 24.3 Å². The van der Waals surface area contributed by atoms with Crippen LogP contribution in [0.2, 0.25) is 0 Å². The lowest BCUT2D eigenvalue weighted by Gasteiger charge is -2.08. The summed E-state index contributed by atoms with van der Waals surface area (Å²) in [5.41, 5.74) is 4.23. The van der Waals surface area contributed by atoms with Crippen LogP contribution >= 0.6 is 0 Å². The molecule has 0 heterocycles. The number of rotatable bonds is 5. The summed E-state index contributed by atoms with van der Waals surface area (Å²) in [5, 5.41) is 2.93. The Kier molecular flexibility index (Phi) is 4.99. The van der Waals surface area contributed by atoms with Crippen LogP contribution in [0.1, 0.15) is 23.1 Å². The van der Waals surface area contributed by atoms with Crippen molar-refractivity contribution in [3.05, 3.63) is 59.2 Å². The van der Waals surface area contributed by atoms with E-state index in [-0.39, 0.29) is 5.91 Å². The number of hydrogen-bond acceptors (Lipinski definition) is 2. The number of amides is 1. The molecule has 0 radical (unpaired) electrons. The summed E-state index contributed by atoms with van der Waals surface area (Å²) in [5.74, 6) is 0.914. The molecule has 1 N–H and O–H groups in total. The fourth-order valence-electron chi connectivity index (χ4n) is 2.30. The molecule has 0 aliphatic carbocycles. The number of hydrogen-bond donors (Lipinski definition) is 1. The minimum atomic E-state index is 0.0362. The van der Waals surface area contributed by atoms with Gasteiger partial charge in [0.25, 0.3) is 0 Å². The summed E-state index contributed by atoms with van der Waals surface area (Å²) in [6, 6.07) is 13.8. The van der Waals surface area contributed by atoms with E-state index in [1.165, 1.54) is 0 Å². The molecular weight excluding hydrogens is 262 g/mol. The first kappa shape index (κ1) is 15.1. The maximum atomic E-state index is 12.0. The van der Waals surface area contributed by atoms with E-state index in [9.17, 15) is 4.79 Å². The third-order valence-electron chi connectivity index (χ3n) is 3.40. The van der Waals surface area contributed by atoms with Gasteiger partial charge in [0.05, 0.1) is 7.11 Å². The monoisotopic (exact) mass is 283 g/mol. The van der Waals surface area contributed by atoms with Gasteiger partial charge in [0.1, 0.15) is 5.75 Å². The van der Waals surface area contributed by atoms with Crippen molar-refractivity contribution in [1.82, 2.24) is 0 Å². The van der Waals surface area contributed by atoms with Crippen molar-refractivity contribution in [1.29, 1.82) is 0 Å². The van der Waals surface area contributed by atoms with Gasteiger partial charge in [-0.15, -0.1) is 0 Å². The number of nitrogens with one attached hydrogen (secondary N) is 1. The first-order chi connectivity index (χ1) is 10.1. The number of anilines is 1. The molecule has 2 rings (SSSR count). The van der Waals surface area contributed by atoms with Gasteiger partial charge in [-0.2, -0.15) is 0 Å². The van der Waals surface area contributed by atoms with Crippen molar-refractivity contribution in [3.63, 3.8) is 0 Å². The van der Waals surface area contributed by atoms with Crippen molar-refractivity contribution in [2.75, 3.05) is 12.4 Å². The molecule has 0 spiro atoms. The molecule has 3 nitrogen and oxygen atoms in total. The molecule has 0 atom stereocenters. The highest BCUT2D eigenvalue weighted by molar-refractivity contribution is 5.90. The highest BCUT2D eigenvalue weighted by Crippen LogP contribution is 2.19. The largest absolute Gasteiger partial charge is 0.496 e. The minimum absolute atomic E-state index is 0.0362. The fraction of sp³-hybridized carbons (Fsp3) is 0.278. The first-order valence-corrected chi connectivity index (χ1v) is 7.08. The predicted octanol–water partition coefficient (Wildman–Crippen LogP) is 3.88. The van der Waals surface area contributed by atoms with E-state index in [1.54, 1.807) is 7.11 Å². The maximum Gasteiger partial charge on any atom is 0.224 e. The molecule has 0 saturated carbocycles. The van der Waals surface area contributed by atoms with E-state index >= 15 is 0 Å². The van der Waals surface area contributed by atoms with Crippen LogP contribution in [-0.2, 0) is 11.2 Å². The van der Waals surface area contributed by atoms with Crippen LogP contribution in [0.3, 0.4) is 0 Å². The smallest absolute Gasteiger partial charge is 0.224 e. The Labute approximate surface area is 126 Å². The second-order valence-electron chi connectivity index (χ2n) is 5.22. The van der Waals surface area contributed by atoms with E-state index in [2.05, 4.69) is 11.4 Å². The van der Waals surface area contributed by atoms with Gasteiger partial charge in [0.2, 0.25) is 5.91 Å². The SMILES string of the molecule is COc1ccc(CCC(=O)Nc2cccc(C)c2)cc1C. The standard InChI is InChI=1S/C18H21NO2/c1-13-5-4-6-16(11-13)19-18(20)10-8-15-7-9-17(21-3)14(2)12-15/h4-7,9,11-12H,8,10H2,1-3H3,(H,19,20). The van der Waals surface area contributed by atoms with Gasteiger partial charge in [-0.3, -0.25) is 4.79 Å². The molecule has 0 aliphatic rings. The van der Waals surface area contributed by atoms with Gasteiger partial charge >= 0.3 is 0 Å². The number of ether oxygens (including phenoxy) is 1. The molecule has 2 aromatic carbocycles. The fourth-order valence-corrected chi connectivity index (χ4v) is 2.30. The molecule has 2 aromatic rings. The van der Waals surface area contributed by atoms with Gasteiger partial charge in [0, 0.05) is 12.1 Å². The predicted molar refractivity (Wildman–Crippen MR) is 85.9 cm³/mol. The van der Waals surface area contributed by atoms with E-state index in [1.807, 2.05) is 50.2 Å². The average Bonchev–Trinajstić information content (AvgIpc) is 2.45. The zero-order valence-electron chi connectivity index (χ0n) is 12.8. The second kappa shape index (κ2) is 6.93. The molecule has 21 heavy (non-hydrogen) atoms. The van der Waals surface area contributed by atoms with Crippen molar-refractivity contribution >= 4 is 11.6 Å². The van der Waals surface area contributed by atoms with Crippen LogP contribution in [0.5, 0.6) is 5.75 Å². The van der Waals surface area contributed by atoms with Gasteiger partial charge in [0.15, 0.2) is 0 Å². The average molecular weight is 283 g/mol. The Morgan fingerprint density at radius 3 is 2.62 bits per heavy atom. The van der Waals surface area contributed by atoms with E-state index in [4.69, 9.17) is 4.74 Å². The number of carbonyl (C=O) groups is 1. The molecule has 0 bridgehead atoms. The summed E-state index contributed by atoms with van der Waals surface area (Å²) >= 11 is 0. The van der Waals surface area contributed by atoms with Crippen LogP contribution in [0.15, 0.2) is 42.5 Å². The van der Waals surface area contributed by atoms with Crippen LogP contribution in [-0.4, -0.2) is 13.0 Å².